The third-order valence-corrected chi connectivity index (χ3v) is 3.67. The van der Waals surface area contributed by atoms with Gasteiger partial charge in [0.05, 0.1) is 10.7 Å². The van der Waals surface area contributed by atoms with Crippen LogP contribution in [-0.2, 0) is 0 Å². The standard InChI is InChI=1S/C15H15Cl3N2/c1-10-2-3-12(17)9-15(10)20-7-6-19-14-5-4-11(16)8-13(14)18/h2-5,8-9,19-20H,6-7H2,1H3. The minimum Gasteiger partial charge on any atom is -0.383 e. The van der Waals surface area contributed by atoms with Crippen molar-refractivity contribution >= 4 is 46.2 Å². The molecule has 20 heavy (non-hydrogen) atoms. The number of halogens is 3. The van der Waals surface area contributed by atoms with E-state index in [0.717, 1.165) is 29.5 Å². The van der Waals surface area contributed by atoms with E-state index in [0.29, 0.717) is 10.0 Å². The van der Waals surface area contributed by atoms with Crippen LogP contribution in [0, 0.1) is 6.92 Å². The van der Waals surface area contributed by atoms with Crippen LogP contribution in [0.3, 0.4) is 0 Å². The summed E-state index contributed by atoms with van der Waals surface area (Å²) in [5, 5.41) is 8.58. The Labute approximate surface area is 134 Å². The summed E-state index contributed by atoms with van der Waals surface area (Å²) in [6.07, 6.45) is 0. The molecule has 106 valence electrons. The molecule has 0 aliphatic carbocycles. The second kappa shape index (κ2) is 7.07. The van der Waals surface area contributed by atoms with Gasteiger partial charge in [0.25, 0.3) is 0 Å². The minimum atomic E-state index is 0.622. The third-order valence-electron chi connectivity index (χ3n) is 2.89. The molecule has 0 atom stereocenters. The molecule has 0 aromatic heterocycles. The van der Waals surface area contributed by atoms with Crippen LogP contribution in [0.5, 0.6) is 0 Å². The van der Waals surface area contributed by atoms with Gasteiger partial charge in [0, 0.05) is 28.8 Å². The summed E-state index contributed by atoms with van der Waals surface area (Å²) in [5.41, 5.74) is 3.08. The number of benzene rings is 2. The molecule has 2 N–H and O–H groups in total. The van der Waals surface area contributed by atoms with Gasteiger partial charge in [-0.25, -0.2) is 0 Å². The van der Waals surface area contributed by atoms with Crippen molar-refractivity contribution in [2.24, 2.45) is 0 Å². The van der Waals surface area contributed by atoms with Crippen LogP contribution in [-0.4, -0.2) is 13.1 Å². The van der Waals surface area contributed by atoms with Crippen LogP contribution >= 0.6 is 34.8 Å². The predicted molar refractivity (Wildman–Crippen MR) is 89.6 cm³/mol. The lowest BCUT2D eigenvalue weighted by Crippen LogP contribution is -2.14. The molecule has 0 saturated carbocycles. The zero-order chi connectivity index (χ0) is 14.5. The minimum absolute atomic E-state index is 0.622. The zero-order valence-corrected chi connectivity index (χ0v) is 13.3. The van der Waals surface area contributed by atoms with Gasteiger partial charge in [0.1, 0.15) is 0 Å². The fourth-order valence-electron chi connectivity index (χ4n) is 1.81. The second-order valence-corrected chi connectivity index (χ2v) is 5.72. The molecule has 0 aliphatic rings. The Balaban J connectivity index is 1.86. The molecule has 0 unspecified atom stereocenters. The highest BCUT2D eigenvalue weighted by molar-refractivity contribution is 6.36. The van der Waals surface area contributed by atoms with Crippen LogP contribution in [0.25, 0.3) is 0 Å². The fraction of sp³-hybridized carbons (Fsp3) is 0.200. The van der Waals surface area contributed by atoms with Crippen molar-refractivity contribution in [3.05, 3.63) is 57.0 Å². The lowest BCUT2D eigenvalue weighted by molar-refractivity contribution is 1.07. The molecule has 0 saturated heterocycles. The Morgan fingerprint density at radius 2 is 1.40 bits per heavy atom. The van der Waals surface area contributed by atoms with Gasteiger partial charge in [-0.2, -0.15) is 0 Å². The molecule has 2 rings (SSSR count). The summed E-state index contributed by atoms with van der Waals surface area (Å²) in [4.78, 5) is 0. The van der Waals surface area contributed by atoms with Crippen LogP contribution in [0.15, 0.2) is 36.4 Å². The molecule has 0 radical (unpaired) electrons. The van der Waals surface area contributed by atoms with Gasteiger partial charge in [-0.1, -0.05) is 40.9 Å². The molecule has 0 aliphatic heterocycles. The Kier molecular flexibility index (Phi) is 5.41. The predicted octanol–water partition coefficient (Wildman–Crippen LogP) is 5.48. The average Bonchev–Trinajstić information content (AvgIpc) is 2.40. The summed E-state index contributed by atoms with van der Waals surface area (Å²) >= 11 is 17.9. The van der Waals surface area contributed by atoms with Gasteiger partial charge in [-0.05, 0) is 42.8 Å². The van der Waals surface area contributed by atoms with E-state index in [-0.39, 0.29) is 0 Å². The van der Waals surface area contributed by atoms with Gasteiger partial charge in [0.15, 0.2) is 0 Å². The van der Waals surface area contributed by atoms with Crippen molar-refractivity contribution in [2.75, 3.05) is 23.7 Å². The van der Waals surface area contributed by atoms with E-state index < -0.39 is 0 Å². The Morgan fingerprint density at radius 1 is 0.800 bits per heavy atom. The van der Waals surface area contributed by atoms with Gasteiger partial charge in [-0.3, -0.25) is 0 Å². The maximum Gasteiger partial charge on any atom is 0.0652 e. The molecule has 5 heteroatoms. The van der Waals surface area contributed by atoms with Crippen molar-refractivity contribution < 1.29 is 0 Å². The highest BCUT2D eigenvalue weighted by atomic mass is 35.5. The SMILES string of the molecule is Cc1ccc(Cl)cc1NCCNc1ccc(Cl)cc1Cl. The Bertz CT molecular complexity index is 600. The number of hydrogen-bond acceptors (Lipinski definition) is 2. The van der Waals surface area contributed by atoms with E-state index in [2.05, 4.69) is 10.6 Å². The van der Waals surface area contributed by atoms with Gasteiger partial charge in [-0.15, -0.1) is 0 Å². The van der Waals surface area contributed by atoms with Crippen molar-refractivity contribution in [3.63, 3.8) is 0 Å². The smallest absolute Gasteiger partial charge is 0.0652 e. The molecule has 2 aromatic carbocycles. The molecule has 2 nitrogen and oxygen atoms in total. The second-order valence-electron chi connectivity index (χ2n) is 4.44. The molecule has 2 aromatic rings. The normalized spacial score (nSPS) is 10.4. The first kappa shape index (κ1) is 15.3. The monoisotopic (exact) mass is 328 g/mol. The highest BCUT2D eigenvalue weighted by Crippen LogP contribution is 2.25. The van der Waals surface area contributed by atoms with E-state index in [9.17, 15) is 0 Å². The van der Waals surface area contributed by atoms with Crippen LogP contribution in [0.4, 0.5) is 11.4 Å². The van der Waals surface area contributed by atoms with E-state index in [1.165, 1.54) is 5.56 Å². The van der Waals surface area contributed by atoms with Crippen molar-refractivity contribution in [1.82, 2.24) is 0 Å². The quantitative estimate of drug-likeness (QED) is 0.710. The van der Waals surface area contributed by atoms with Crippen LogP contribution in [0.2, 0.25) is 15.1 Å². The van der Waals surface area contributed by atoms with Crippen LogP contribution < -0.4 is 10.6 Å². The lowest BCUT2D eigenvalue weighted by atomic mass is 10.2. The third kappa shape index (κ3) is 4.20. The van der Waals surface area contributed by atoms with Gasteiger partial charge < -0.3 is 10.6 Å². The highest BCUT2D eigenvalue weighted by Gasteiger charge is 2.01. The Morgan fingerprint density at radius 3 is 2.10 bits per heavy atom. The van der Waals surface area contributed by atoms with E-state index in [1.54, 1.807) is 6.07 Å². The van der Waals surface area contributed by atoms with E-state index in [4.69, 9.17) is 34.8 Å². The first-order chi connectivity index (χ1) is 9.56. The number of nitrogens with one attached hydrogen (secondary N) is 2. The summed E-state index contributed by atoms with van der Waals surface area (Å²) in [5.74, 6) is 0. The summed E-state index contributed by atoms with van der Waals surface area (Å²) < 4.78 is 0. The molecule has 0 amide bonds. The number of anilines is 2. The first-order valence-corrected chi connectivity index (χ1v) is 7.38. The number of rotatable bonds is 5. The topological polar surface area (TPSA) is 24.1 Å². The van der Waals surface area contributed by atoms with Gasteiger partial charge in [0.2, 0.25) is 0 Å². The lowest BCUT2D eigenvalue weighted by Gasteiger charge is -2.12. The maximum atomic E-state index is 6.09. The molecule has 0 heterocycles. The average molecular weight is 330 g/mol. The summed E-state index contributed by atoms with van der Waals surface area (Å²) in [7, 11) is 0. The fourth-order valence-corrected chi connectivity index (χ4v) is 2.46. The molecule has 0 bridgehead atoms. The summed E-state index contributed by atoms with van der Waals surface area (Å²) in [6.45, 7) is 3.55. The molecule has 0 spiro atoms. The van der Waals surface area contributed by atoms with E-state index >= 15 is 0 Å². The van der Waals surface area contributed by atoms with Gasteiger partial charge >= 0.3 is 0 Å². The molecule has 0 fully saturated rings. The number of hydrogen-bond donors (Lipinski definition) is 2. The van der Waals surface area contributed by atoms with Crippen molar-refractivity contribution in [3.8, 4) is 0 Å². The van der Waals surface area contributed by atoms with Crippen molar-refractivity contribution in [2.45, 2.75) is 6.92 Å². The molecular weight excluding hydrogens is 315 g/mol. The van der Waals surface area contributed by atoms with Crippen molar-refractivity contribution in [1.29, 1.82) is 0 Å². The summed E-state index contributed by atoms with van der Waals surface area (Å²) in [6, 6.07) is 11.2. The molecular formula is C15H15Cl3N2. The van der Waals surface area contributed by atoms with Crippen LogP contribution in [0.1, 0.15) is 5.56 Å². The van der Waals surface area contributed by atoms with E-state index in [1.807, 2.05) is 37.3 Å². The largest absolute Gasteiger partial charge is 0.383 e. The number of aryl methyl sites for hydroxylation is 1. The maximum absolute atomic E-state index is 6.09. The zero-order valence-electron chi connectivity index (χ0n) is 11.0. The first-order valence-electron chi connectivity index (χ1n) is 6.25. The Hall–Kier alpha value is -1.09.